The van der Waals surface area contributed by atoms with E-state index in [1.54, 1.807) is 0 Å². The summed E-state index contributed by atoms with van der Waals surface area (Å²) in [4.78, 5) is 14.9. The van der Waals surface area contributed by atoms with Crippen LogP contribution >= 0.6 is 11.8 Å². The van der Waals surface area contributed by atoms with E-state index in [0.29, 0.717) is 11.3 Å². The monoisotopic (exact) mass is 367 g/mol. The highest BCUT2D eigenvalue weighted by molar-refractivity contribution is 7.99. The van der Waals surface area contributed by atoms with Gasteiger partial charge < -0.3 is 10.0 Å². The van der Waals surface area contributed by atoms with Crippen molar-refractivity contribution < 1.29 is 23.1 Å². The van der Waals surface area contributed by atoms with Gasteiger partial charge in [-0.25, -0.2) is 0 Å². The molecule has 1 aliphatic rings. The molecule has 0 aromatic heterocycles. The molecule has 1 aliphatic heterocycles. The molecule has 7 heteroatoms. The topological polar surface area (TPSA) is 40.5 Å². The maximum Gasteiger partial charge on any atom is 0.416 e. The van der Waals surface area contributed by atoms with Crippen LogP contribution in [0.25, 0.3) is 0 Å². The number of hydrogen-bond donors (Lipinski definition) is 1. The van der Waals surface area contributed by atoms with E-state index in [0.717, 1.165) is 17.7 Å². The number of halogens is 3. The van der Waals surface area contributed by atoms with Crippen molar-refractivity contribution in [2.24, 2.45) is 0 Å². The number of aliphatic hydroxyl groups excluding tert-OH is 1. The van der Waals surface area contributed by atoms with Gasteiger partial charge in [0, 0.05) is 18.0 Å². The Morgan fingerprint density at radius 1 is 1.12 bits per heavy atom. The minimum absolute atomic E-state index is 0.0601. The molecule has 1 unspecified atom stereocenters. The molecule has 0 aliphatic carbocycles. The van der Waals surface area contributed by atoms with E-state index in [2.05, 4.69) is 0 Å². The van der Waals surface area contributed by atoms with Gasteiger partial charge in [0.05, 0.1) is 11.1 Å². The van der Waals surface area contributed by atoms with E-state index >= 15 is 0 Å². The van der Waals surface area contributed by atoms with Gasteiger partial charge >= 0.3 is 6.18 Å². The summed E-state index contributed by atoms with van der Waals surface area (Å²) >= 11 is 1.35. The van der Waals surface area contributed by atoms with E-state index in [9.17, 15) is 18.0 Å². The first-order valence-corrected chi connectivity index (χ1v) is 8.64. The summed E-state index contributed by atoms with van der Waals surface area (Å²) in [6.07, 6.45) is -4.13. The van der Waals surface area contributed by atoms with Crippen LogP contribution in [-0.4, -0.2) is 29.1 Å². The second-order valence-corrected chi connectivity index (χ2v) is 6.79. The first kappa shape index (κ1) is 17.8. The van der Waals surface area contributed by atoms with Gasteiger partial charge in [-0.05, 0) is 30.2 Å². The third kappa shape index (κ3) is 3.67. The van der Waals surface area contributed by atoms with Crippen LogP contribution < -0.4 is 0 Å². The predicted octanol–water partition coefficient (Wildman–Crippen LogP) is 4.33. The molecule has 0 fully saturated rings. The van der Waals surface area contributed by atoms with Crippen molar-refractivity contribution in [2.45, 2.75) is 22.9 Å². The summed E-state index contributed by atoms with van der Waals surface area (Å²) in [7, 11) is 0. The fraction of sp³-hybridized carbons (Fsp3) is 0.278. The van der Waals surface area contributed by atoms with Crippen LogP contribution in [0.2, 0.25) is 0 Å². The summed E-state index contributed by atoms with van der Waals surface area (Å²) in [5.74, 6) is -0.442. The second kappa shape index (κ2) is 7.09. The van der Waals surface area contributed by atoms with Gasteiger partial charge in [-0.15, -0.1) is 0 Å². The first-order chi connectivity index (χ1) is 11.9. The number of fused-ring (bicyclic) bond motifs is 1. The minimum atomic E-state index is -4.49. The lowest BCUT2D eigenvalue weighted by molar-refractivity contribution is -0.137. The molecular weight excluding hydrogens is 351 g/mol. The van der Waals surface area contributed by atoms with Gasteiger partial charge in [-0.1, -0.05) is 42.1 Å². The summed E-state index contributed by atoms with van der Waals surface area (Å²) < 4.78 is 38.9. The molecule has 3 nitrogen and oxygen atoms in total. The molecule has 1 N–H and O–H groups in total. The largest absolute Gasteiger partial charge is 0.416 e. The van der Waals surface area contributed by atoms with Gasteiger partial charge in [0.1, 0.15) is 5.37 Å². The average molecular weight is 367 g/mol. The van der Waals surface area contributed by atoms with Crippen LogP contribution in [0, 0.1) is 0 Å². The standard InChI is InChI=1S/C18H16F3NO2S/c19-18(20,21)13-7-8-15-14(11-13)16(24)22(9-4-10-23)17(25-15)12-5-2-1-3-6-12/h1-3,5-8,11,17,23H,4,9-10H2. The zero-order chi connectivity index (χ0) is 18.0. The van der Waals surface area contributed by atoms with Gasteiger partial charge in [-0.2, -0.15) is 13.2 Å². The Bertz CT molecular complexity index is 765. The van der Waals surface area contributed by atoms with Crippen LogP contribution in [0.3, 0.4) is 0 Å². The number of rotatable bonds is 4. The van der Waals surface area contributed by atoms with Crippen molar-refractivity contribution in [3.63, 3.8) is 0 Å². The molecule has 25 heavy (non-hydrogen) atoms. The Morgan fingerprint density at radius 3 is 2.48 bits per heavy atom. The number of hydrogen-bond acceptors (Lipinski definition) is 3. The average Bonchev–Trinajstić information content (AvgIpc) is 2.60. The van der Waals surface area contributed by atoms with Crippen LogP contribution in [0.5, 0.6) is 0 Å². The number of benzene rings is 2. The van der Waals surface area contributed by atoms with E-state index in [4.69, 9.17) is 5.11 Å². The van der Waals surface area contributed by atoms with Gasteiger partial charge in [0.2, 0.25) is 0 Å². The predicted molar refractivity (Wildman–Crippen MR) is 89.2 cm³/mol. The van der Waals surface area contributed by atoms with Crippen LogP contribution in [-0.2, 0) is 6.18 Å². The van der Waals surface area contributed by atoms with Crippen molar-refractivity contribution in [3.8, 4) is 0 Å². The number of carbonyl (C=O) groups excluding carboxylic acids is 1. The molecule has 1 atom stereocenters. The molecule has 1 heterocycles. The lowest BCUT2D eigenvalue weighted by Crippen LogP contribution is -2.38. The number of nitrogens with zero attached hydrogens (tertiary/aromatic N) is 1. The number of carbonyl (C=O) groups is 1. The lowest BCUT2D eigenvalue weighted by Gasteiger charge is -2.36. The smallest absolute Gasteiger partial charge is 0.396 e. The molecule has 0 bridgehead atoms. The van der Waals surface area contributed by atoms with Gasteiger partial charge in [-0.3, -0.25) is 4.79 Å². The molecule has 3 rings (SSSR count). The highest BCUT2D eigenvalue weighted by Gasteiger charge is 2.37. The van der Waals surface area contributed by atoms with Gasteiger partial charge in [0.15, 0.2) is 0 Å². The lowest BCUT2D eigenvalue weighted by atomic mass is 10.1. The Kier molecular flexibility index (Phi) is 5.06. The third-order valence-corrected chi connectivity index (χ3v) is 5.32. The van der Waals surface area contributed by atoms with E-state index < -0.39 is 17.6 Å². The van der Waals surface area contributed by atoms with E-state index in [1.807, 2.05) is 30.3 Å². The summed E-state index contributed by atoms with van der Waals surface area (Å²) in [6, 6.07) is 12.6. The second-order valence-electron chi connectivity index (χ2n) is 5.67. The van der Waals surface area contributed by atoms with Crippen molar-refractivity contribution in [3.05, 3.63) is 65.2 Å². The highest BCUT2D eigenvalue weighted by atomic mass is 32.2. The summed E-state index contributed by atoms with van der Waals surface area (Å²) in [5, 5.41) is 8.76. The van der Waals surface area contributed by atoms with Crippen molar-refractivity contribution in [2.75, 3.05) is 13.2 Å². The Balaban J connectivity index is 2.02. The normalized spacial score (nSPS) is 17.5. The number of amides is 1. The maximum atomic E-state index is 13.0. The van der Waals surface area contributed by atoms with Crippen LogP contribution in [0.1, 0.15) is 33.3 Å². The number of alkyl halides is 3. The van der Waals surface area contributed by atoms with E-state index in [-0.39, 0.29) is 24.1 Å². The fourth-order valence-corrected chi connectivity index (χ4v) is 4.03. The third-order valence-electron chi connectivity index (χ3n) is 3.96. The maximum absolute atomic E-state index is 13.0. The Hall–Kier alpha value is -1.99. The molecule has 0 saturated heterocycles. The Labute approximate surface area is 147 Å². The first-order valence-electron chi connectivity index (χ1n) is 7.76. The van der Waals surface area contributed by atoms with Crippen molar-refractivity contribution in [1.29, 1.82) is 0 Å². The van der Waals surface area contributed by atoms with Gasteiger partial charge in [0.25, 0.3) is 5.91 Å². The number of aliphatic hydroxyl groups is 1. The molecular formula is C18H16F3NO2S. The summed E-state index contributed by atoms with van der Waals surface area (Å²) in [5.41, 5.74) is 0.120. The zero-order valence-corrected chi connectivity index (χ0v) is 14.0. The molecule has 2 aromatic carbocycles. The fourth-order valence-electron chi connectivity index (χ4n) is 2.75. The van der Waals surface area contributed by atoms with Crippen LogP contribution in [0.15, 0.2) is 53.4 Å². The van der Waals surface area contributed by atoms with Crippen molar-refractivity contribution in [1.82, 2.24) is 4.90 Å². The Morgan fingerprint density at radius 2 is 1.84 bits per heavy atom. The number of thioether (sulfide) groups is 1. The molecule has 2 aromatic rings. The SMILES string of the molecule is O=C1c2cc(C(F)(F)F)ccc2SC(c2ccccc2)N1CCCO. The quantitative estimate of drug-likeness (QED) is 0.874. The zero-order valence-electron chi connectivity index (χ0n) is 13.2. The molecule has 0 saturated carbocycles. The molecule has 1 amide bonds. The molecule has 132 valence electrons. The van der Waals surface area contributed by atoms with Crippen LogP contribution in [0.4, 0.5) is 13.2 Å². The van der Waals surface area contributed by atoms with Crippen molar-refractivity contribution >= 4 is 17.7 Å². The molecule has 0 spiro atoms. The molecule has 0 radical (unpaired) electrons. The minimum Gasteiger partial charge on any atom is -0.396 e. The summed E-state index contributed by atoms with van der Waals surface area (Å²) in [6.45, 7) is 0.184. The highest BCUT2D eigenvalue weighted by Crippen LogP contribution is 2.46. The van der Waals surface area contributed by atoms with E-state index in [1.165, 1.54) is 22.7 Å².